The molecule has 3 rings (SSSR count). The average Bonchev–Trinajstić information content (AvgIpc) is 2.46. The highest BCUT2D eigenvalue weighted by atomic mass is 31.2. The van der Waals surface area contributed by atoms with Crippen LogP contribution in [0.2, 0.25) is 0 Å². The third-order valence-electron chi connectivity index (χ3n) is 4.91. The van der Waals surface area contributed by atoms with Crippen LogP contribution in [0.3, 0.4) is 0 Å². The van der Waals surface area contributed by atoms with E-state index in [1.807, 2.05) is 13.8 Å². The summed E-state index contributed by atoms with van der Waals surface area (Å²) < 4.78 is 11.6. The molecular weight excluding hydrogens is 307 g/mol. The van der Waals surface area contributed by atoms with E-state index in [4.69, 9.17) is 9.05 Å². The molecule has 0 bridgehead atoms. The van der Waals surface area contributed by atoms with Crippen LogP contribution < -0.4 is 9.05 Å². The van der Waals surface area contributed by atoms with Crippen LogP contribution >= 0.6 is 8.60 Å². The minimum absolute atomic E-state index is 0.760. The molecule has 0 amide bonds. The summed E-state index contributed by atoms with van der Waals surface area (Å²) in [6.45, 7) is 12.5. The molecule has 2 aromatic carbocycles. The molecule has 1 heterocycles. The van der Waals surface area contributed by atoms with Crippen molar-refractivity contribution in [3.8, 4) is 11.5 Å². The monoisotopic (exact) mass is 330 g/mol. The molecule has 1 aliphatic heterocycles. The predicted octanol–water partition coefficient (Wildman–Crippen LogP) is 5.12. The molecule has 0 unspecified atom stereocenters. The molecule has 2 aromatic rings. The molecule has 0 aliphatic carbocycles. The topological polar surface area (TPSA) is 38.7 Å². The second-order valence-electron chi connectivity index (χ2n) is 6.48. The van der Waals surface area contributed by atoms with Crippen molar-refractivity contribution in [1.29, 1.82) is 0 Å². The van der Waals surface area contributed by atoms with E-state index in [1.165, 1.54) is 22.3 Å². The fourth-order valence-corrected chi connectivity index (χ4v) is 4.18. The van der Waals surface area contributed by atoms with Crippen molar-refractivity contribution in [1.82, 2.24) is 0 Å². The Morgan fingerprint density at radius 3 is 1.52 bits per heavy atom. The molecule has 1 N–H and O–H groups in total. The van der Waals surface area contributed by atoms with E-state index >= 15 is 0 Å². The summed E-state index contributed by atoms with van der Waals surface area (Å²) in [5.41, 5.74) is 9.33. The number of hydrogen-bond acceptors (Lipinski definition) is 3. The highest BCUT2D eigenvalue weighted by molar-refractivity contribution is 7.41. The number of rotatable bonds is 0. The largest absolute Gasteiger partial charge is 0.460 e. The van der Waals surface area contributed by atoms with Gasteiger partial charge in [-0.2, -0.15) is 0 Å². The lowest BCUT2D eigenvalue weighted by molar-refractivity contribution is 0.372. The van der Waals surface area contributed by atoms with Gasteiger partial charge in [-0.05, 0) is 74.9 Å². The Morgan fingerprint density at radius 2 is 1.13 bits per heavy atom. The van der Waals surface area contributed by atoms with Crippen LogP contribution in [0, 0.1) is 41.5 Å². The van der Waals surface area contributed by atoms with E-state index in [0.29, 0.717) is 0 Å². The van der Waals surface area contributed by atoms with Gasteiger partial charge in [0.15, 0.2) is 0 Å². The maximum Gasteiger partial charge on any atom is 0.460 e. The summed E-state index contributed by atoms with van der Waals surface area (Å²) in [4.78, 5) is 10.3. The zero-order valence-electron chi connectivity index (χ0n) is 14.6. The SMILES string of the molecule is Cc1cc(C)c2c(c1C)Cc1c(C)c(C)cc(C)c1OP(O)O2. The van der Waals surface area contributed by atoms with E-state index in [1.54, 1.807) is 0 Å². The molecule has 122 valence electrons. The van der Waals surface area contributed by atoms with E-state index in [0.717, 1.165) is 40.2 Å². The quantitative estimate of drug-likeness (QED) is 0.682. The van der Waals surface area contributed by atoms with Crippen LogP contribution in [-0.2, 0) is 6.42 Å². The second-order valence-corrected chi connectivity index (χ2v) is 7.32. The minimum atomic E-state index is -1.98. The Kier molecular flexibility index (Phi) is 4.12. The van der Waals surface area contributed by atoms with Crippen molar-refractivity contribution < 1.29 is 13.9 Å². The minimum Gasteiger partial charge on any atom is -0.417 e. The fraction of sp³-hybridized carbons (Fsp3) is 0.368. The first-order chi connectivity index (χ1) is 10.8. The van der Waals surface area contributed by atoms with Crippen LogP contribution in [0.1, 0.15) is 44.5 Å². The lowest BCUT2D eigenvalue weighted by Gasteiger charge is -2.26. The summed E-state index contributed by atoms with van der Waals surface area (Å²) in [6.07, 6.45) is 0.760. The summed E-state index contributed by atoms with van der Waals surface area (Å²) >= 11 is 0. The van der Waals surface area contributed by atoms with Crippen molar-refractivity contribution in [2.75, 3.05) is 0 Å². The lowest BCUT2D eigenvalue weighted by atomic mass is 9.89. The van der Waals surface area contributed by atoms with E-state index in [2.05, 4.69) is 39.8 Å². The standard InChI is InChI=1S/C19H23O3P/c1-10-7-12(3)18-16(14(10)5)9-17-15(6)11(2)8-13(4)19(17)22-23(20)21-18/h7-8,20H,9H2,1-6H3. The van der Waals surface area contributed by atoms with E-state index < -0.39 is 8.60 Å². The van der Waals surface area contributed by atoms with Crippen molar-refractivity contribution >= 4 is 8.60 Å². The molecular formula is C19H23O3P. The van der Waals surface area contributed by atoms with Gasteiger partial charge >= 0.3 is 8.60 Å². The van der Waals surface area contributed by atoms with Gasteiger partial charge in [-0.1, -0.05) is 12.1 Å². The molecule has 4 heteroatoms. The van der Waals surface area contributed by atoms with E-state index in [9.17, 15) is 4.89 Å². The molecule has 0 radical (unpaired) electrons. The smallest absolute Gasteiger partial charge is 0.417 e. The molecule has 0 saturated heterocycles. The molecule has 23 heavy (non-hydrogen) atoms. The third-order valence-corrected chi connectivity index (χ3v) is 5.59. The van der Waals surface area contributed by atoms with Crippen LogP contribution in [-0.4, -0.2) is 4.89 Å². The second kappa shape index (κ2) is 5.81. The number of hydrogen-bond donors (Lipinski definition) is 1. The lowest BCUT2D eigenvalue weighted by Crippen LogP contribution is -2.10. The summed E-state index contributed by atoms with van der Waals surface area (Å²) in [5.74, 6) is 1.54. The molecule has 0 aromatic heterocycles. The normalized spacial score (nSPS) is 14.2. The van der Waals surface area contributed by atoms with Crippen LogP contribution in [0.5, 0.6) is 11.5 Å². The first-order valence-electron chi connectivity index (χ1n) is 7.84. The van der Waals surface area contributed by atoms with Crippen molar-refractivity contribution in [3.05, 3.63) is 56.6 Å². The van der Waals surface area contributed by atoms with Crippen LogP contribution in [0.25, 0.3) is 0 Å². The van der Waals surface area contributed by atoms with Gasteiger partial charge in [0.2, 0.25) is 0 Å². The predicted molar refractivity (Wildman–Crippen MR) is 94.5 cm³/mol. The fourth-order valence-electron chi connectivity index (χ4n) is 3.32. The Hall–Kier alpha value is -1.57. The first-order valence-corrected chi connectivity index (χ1v) is 8.97. The Labute approximate surface area is 139 Å². The molecule has 3 nitrogen and oxygen atoms in total. The molecule has 0 fully saturated rings. The van der Waals surface area contributed by atoms with Crippen molar-refractivity contribution in [2.24, 2.45) is 0 Å². The molecule has 0 atom stereocenters. The Morgan fingerprint density at radius 1 is 0.739 bits per heavy atom. The number of aryl methyl sites for hydroxylation is 4. The van der Waals surface area contributed by atoms with Gasteiger partial charge in [-0.15, -0.1) is 0 Å². The van der Waals surface area contributed by atoms with Crippen LogP contribution in [0.4, 0.5) is 0 Å². The van der Waals surface area contributed by atoms with Gasteiger partial charge in [0.25, 0.3) is 0 Å². The first kappa shape index (κ1) is 16.3. The van der Waals surface area contributed by atoms with Gasteiger partial charge in [0.1, 0.15) is 11.5 Å². The summed E-state index contributed by atoms with van der Waals surface area (Å²) in [5, 5.41) is 0. The third kappa shape index (κ3) is 2.73. The molecule has 1 aliphatic rings. The zero-order chi connectivity index (χ0) is 16.9. The van der Waals surface area contributed by atoms with Gasteiger partial charge in [0, 0.05) is 17.5 Å². The summed E-state index contributed by atoms with van der Waals surface area (Å²) in [6, 6.07) is 4.21. The number of fused-ring (bicyclic) bond motifs is 2. The highest BCUT2D eigenvalue weighted by Gasteiger charge is 2.26. The zero-order valence-corrected chi connectivity index (χ0v) is 15.5. The summed E-state index contributed by atoms with van der Waals surface area (Å²) in [7, 11) is -1.98. The van der Waals surface area contributed by atoms with Gasteiger partial charge in [0.05, 0.1) is 0 Å². The molecule has 0 spiro atoms. The number of benzene rings is 2. The van der Waals surface area contributed by atoms with Crippen molar-refractivity contribution in [3.63, 3.8) is 0 Å². The van der Waals surface area contributed by atoms with Crippen LogP contribution in [0.15, 0.2) is 12.1 Å². The maximum atomic E-state index is 10.3. The van der Waals surface area contributed by atoms with Gasteiger partial charge in [-0.25, -0.2) is 0 Å². The molecule has 0 saturated carbocycles. The van der Waals surface area contributed by atoms with Crippen molar-refractivity contribution in [2.45, 2.75) is 48.0 Å². The average molecular weight is 330 g/mol. The van der Waals surface area contributed by atoms with Gasteiger partial charge in [-0.3, -0.25) is 0 Å². The highest BCUT2D eigenvalue weighted by Crippen LogP contribution is 2.47. The van der Waals surface area contributed by atoms with Gasteiger partial charge < -0.3 is 13.9 Å². The Balaban J connectivity index is 2.30. The maximum absolute atomic E-state index is 10.3. The Bertz CT molecular complexity index is 731. The van der Waals surface area contributed by atoms with E-state index in [-0.39, 0.29) is 0 Å².